The van der Waals surface area contributed by atoms with E-state index in [9.17, 15) is 13.2 Å². The number of sulfone groups is 1. The molecular formula is C24H29N3O6S2. The molecule has 0 bridgehead atoms. The van der Waals surface area contributed by atoms with Crippen molar-refractivity contribution in [2.75, 3.05) is 64.8 Å². The van der Waals surface area contributed by atoms with Gasteiger partial charge in [-0.1, -0.05) is 23.5 Å². The number of hydrogen-bond donors (Lipinski definition) is 0. The number of rotatable bonds is 9. The van der Waals surface area contributed by atoms with Crippen molar-refractivity contribution < 1.29 is 27.4 Å². The molecule has 1 amide bonds. The molecule has 0 aliphatic carbocycles. The zero-order valence-corrected chi connectivity index (χ0v) is 21.7. The first-order valence-corrected chi connectivity index (χ1v) is 13.9. The summed E-state index contributed by atoms with van der Waals surface area (Å²) >= 11 is 1.32. The van der Waals surface area contributed by atoms with Gasteiger partial charge in [0, 0.05) is 32.4 Å². The number of carbonyl (C=O) groups is 1. The molecule has 11 heteroatoms. The highest BCUT2D eigenvalue weighted by Crippen LogP contribution is 2.33. The summed E-state index contributed by atoms with van der Waals surface area (Å²) in [4.78, 5) is 22.2. The highest BCUT2D eigenvalue weighted by Gasteiger charge is 2.24. The molecule has 1 fully saturated rings. The average Bonchev–Trinajstić information content (AvgIpc) is 3.28. The number of amides is 1. The first-order valence-electron chi connectivity index (χ1n) is 11.2. The Kier molecular flexibility index (Phi) is 7.90. The number of benzene rings is 2. The summed E-state index contributed by atoms with van der Waals surface area (Å²) in [5.41, 5.74) is 1.17. The van der Waals surface area contributed by atoms with Crippen molar-refractivity contribution in [3.05, 3.63) is 42.0 Å². The topological polar surface area (TPSA) is 98.3 Å². The van der Waals surface area contributed by atoms with Crippen LogP contribution < -0.4 is 14.4 Å². The monoisotopic (exact) mass is 519 g/mol. The van der Waals surface area contributed by atoms with E-state index in [-0.39, 0.29) is 17.2 Å². The van der Waals surface area contributed by atoms with Crippen molar-refractivity contribution in [2.45, 2.75) is 11.3 Å². The summed E-state index contributed by atoms with van der Waals surface area (Å²) in [7, 11) is -0.344. The summed E-state index contributed by atoms with van der Waals surface area (Å²) < 4.78 is 41.4. The molecule has 35 heavy (non-hydrogen) atoms. The van der Waals surface area contributed by atoms with Crippen LogP contribution in [0, 0.1) is 0 Å². The van der Waals surface area contributed by atoms with E-state index in [1.165, 1.54) is 17.6 Å². The van der Waals surface area contributed by atoms with Crippen molar-refractivity contribution in [3.8, 4) is 11.5 Å². The Morgan fingerprint density at radius 3 is 2.57 bits per heavy atom. The summed E-state index contributed by atoms with van der Waals surface area (Å²) in [6.45, 7) is 4.03. The van der Waals surface area contributed by atoms with Gasteiger partial charge in [0.15, 0.2) is 26.5 Å². The van der Waals surface area contributed by atoms with Gasteiger partial charge >= 0.3 is 0 Å². The maximum atomic E-state index is 13.6. The third kappa shape index (κ3) is 5.92. The largest absolute Gasteiger partial charge is 0.493 e. The molecule has 0 N–H and O–H groups in total. The van der Waals surface area contributed by atoms with Crippen LogP contribution in [-0.2, 0) is 25.8 Å². The predicted octanol–water partition coefficient (Wildman–Crippen LogP) is 2.62. The summed E-state index contributed by atoms with van der Waals surface area (Å²) in [5, 5.41) is 0.481. The first-order chi connectivity index (χ1) is 16.8. The van der Waals surface area contributed by atoms with Crippen LogP contribution in [0.4, 0.5) is 5.13 Å². The molecule has 1 aliphatic rings. The molecule has 2 aromatic carbocycles. The van der Waals surface area contributed by atoms with Gasteiger partial charge in [-0.05, 0) is 29.8 Å². The quantitative estimate of drug-likeness (QED) is 0.426. The van der Waals surface area contributed by atoms with Crippen LogP contribution in [0.1, 0.15) is 5.56 Å². The highest BCUT2D eigenvalue weighted by atomic mass is 32.2. The lowest BCUT2D eigenvalue weighted by molar-refractivity contribution is -0.118. The number of morpholine rings is 1. The van der Waals surface area contributed by atoms with Crippen molar-refractivity contribution in [2.24, 2.45) is 0 Å². The molecule has 9 nitrogen and oxygen atoms in total. The van der Waals surface area contributed by atoms with Crippen molar-refractivity contribution in [1.29, 1.82) is 0 Å². The zero-order chi connectivity index (χ0) is 25.0. The molecule has 3 aromatic rings. The Hall–Kier alpha value is -2.73. The summed E-state index contributed by atoms with van der Waals surface area (Å²) in [5.74, 6) is 1.01. The predicted molar refractivity (Wildman–Crippen MR) is 136 cm³/mol. The van der Waals surface area contributed by atoms with E-state index >= 15 is 0 Å². The fourth-order valence-corrected chi connectivity index (χ4v) is 5.91. The smallest absolute Gasteiger partial charge is 0.233 e. The molecule has 4 rings (SSSR count). The number of methoxy groups -OCH3 is 2. The Balaban J connectivity index is 1.65. The zero-order valence-electron chi connectivity index (χ0n) is 20.0. The second-order valence-electron chi connectivity index (χ2n) is 8.24. The summed E-state index contributed by atoms with van der Waals surface area (Å²) in [6.07, 6.45) is 1.30. The van der Waals surface area contributed by atoms with Gasteiger partial charge < -0.3 is 14.2 Å². The number of aromatic nitrogens is 1. The van der Waals surface area contributed by atoms with Crippen LogP contribution in [-0.4, -0.2) is 84.1 Å². The lowest BCUT2D eigenvalue weighted by Gasteiger charge is -2.29. The van der Waals surface area contributed by atoms with Crippen LogP contribution in [0.2, 0.25) is 0 Å². The number of thiazole rings is 1. The normalized spacial score (nSPS) is 14.7. The van der Waals surface area contributed by atoms with Crippen molar-refractivity contribution >= 4 is 42.4 Å². The Bertz CT molecular complexity index is 1300. The molecule has 0 atom stereocenters. The molecule has 1 aromatic heterocycles. The van der Waals surface area contributed by atoms with Gasteiger partial charge in [0.05, 0.1) is 43.4 Å². The highest BCUT2D eigenvalue weighted by molar-refractivity contribution is 7.91. The van der Waals surface area contributed by atoms with Gasteiger partial charge in [-0.25, -0.2) is 13.4 Å². The molecule has 1 aliphatic heterocycles. The number of para-hydroxylation sites is 1. The van der Waals surface area contributed by atoms with Crippen LogP contribution in [0.3, 0.4) is 0 Å². The number of fused-ring (bicyclic) bond motifs is 1. The lowest BCUT2D eigenvalue weighted by atomic mass is 10.1. The van der Waals surface area contributed by atoms with Crippen molar-refractivity contribution in [3.63, 3.8) is 0 Å². The number of carbonyl (C=O) groups excluding carboxylic acids is 1. The number of anilines is 1. The minimum absolute atomic E-state index is 0.134. The Labute approximate surface area is 209 Å². The van der Waals surface area contributed by atoms with Crippen LogP contribution in [0.5, 0.6) is 11.5 Å². The molecule has 188 valence electrons. The maximum absolute atomic E-state index is 13.6. The molecule has 0 radical (unpaired) electrons. The van der Waals surface area contributed by atoms with E-state index < -0.39 is 9.84 Å². The molecule has 0 spiro atoms. The molecular weight excluding hydrogens is 490 g/mol. The molecule has 1 saturated heterocycles. The fourth-order valence-electron chi connectivity index (χ4n) is 3.98. The molecule has 0 saturated carbocycles. The van der Waals surface area contributed by atoms with E-state index in [4.69, 9.17) is 14.2 Å². The van der Waals surface area contributed by atoms with Gasteiger partial charge in [0.2, 0.25) is 5.91 Å². The van der Waals surface area contributed by atoms with E-state index in [2.05, 4.69) is 9.88 Å². The summed E-state index contributed by atoms with van der Waals surface area (Å²) in [6, 6.07) is 10.5. The number of nitrogens with zero attached hydrogens (tertiary/aromatic N) is 3. The number of hydrogen-bond acceptors (Lipinski definition) is 9. The molecule has 2 heterocycles. The van der Waals surface area contributed by atoms with E-state index in [0.717, 1.165) is 23.4 Å². The lowest BCUT2D eigenvalue weighted by Crippen LogP contribution is -2.43. The van der Waals surface area contributed by atoms with E-state index in [0.29, 0.717) is 48.5 Å². The van der Waals surface area contributed by atoms with Crippen molar-refractivity contribution in [1.82, 2.24) is 9.88 Å². The minimum atomic E-state index is -3.46. The number of ether oxygens (including phenoxy) is 3. The van der Waals surface area contributed by atoms with Gasteiger partial charge in [0.25, 0.3) is 0 Å². The van der Waals surface area contributed by atoms with Gasteiger partial charge in [-0.2, -0.15) is 0 Å². The van der Waals surface area contributed by atoms with Crippen LogP contribution in [0.15, 0.2) is 41.3 Å². The standard InChI is InChI=1S/C24H29N3O6S2/c1-31-18-8-7-17(15-19(18)32-2)16-22(28)27(10-9-26-11-13-33-14-12-26)24-25-23-20(34-24)5-4-6-21(23)35(3,29)30/h4-8,15H,9-14,16H2,1-3H3. The van der Waals surface area contributed by atoms with Gasteiger partial charge in [0.1, 0.15) is 5.52 Å². The average molecular weight is 520 g/mol. The van der Waals surface area contributed by atoms with E-state index in [1.807, 2.05) is 12.1 Å². The first kappa shape index (κ1) is 25.4. The third-order valence-corrected chi connectivity index (χ3v) is 8.02. The van der Waals surface area contributed by atoms with E-state index in [1.54, 1.807) is 43.4 Å². The Morgan fingerprint density at radius 1 is 1.14 bits per heavy atom. The second kappa shape index (κ2) is 10.9. The Morgan fingerprint density at radius 2 is 1.89 bits per heavy atom. The van der Waals surface area contributed by atoms with Gasteiger partial charge in [-0.3, -0.25) is 14.6 Å². The fraction of sp³-hybridized carbons (Fsp3) is 0.417. The van der Waals surface area contributed by atoms with Crippen LogP contribution >= 0.6 is 11.3 Å². The third-order valence-electron chi connectivity index (χ3n) is 5.85. The van der Waals surface area contributed by atoms with Gasteiger partial charge in [-0.15, -0.1) is 0 Å². The maximum Gasteiger partial charge on any atom is 0.233 e. The van der Waals surface area contributed by atoms with Crippen LogP contribution in [0.25, 0.3) is 10.2 Å². The second-order valence-corrected chi connectivity index (χ2v) is 11.2. The minimum Gasteiger partial charge on any atom is -0.493 e. The SMILES string of the molecule is COc1ccc(CC(=O)N(CCN2CCOCC2)c2nc3c(S(C)(=O)=O)cccc3s2)cc1OC. The molecule has 0 unspecified atom stereocenters.